The fourth-order valence-corrected chi connectivity index (χ4v) is 2.87. The second-order valence-corrected chi connectivity index (χ2v) is 6.56. The Labute approximate surface area is 164 Å². The maximum absolute atomic E-state index is 12.2. The Kier molecular flexibility index (Phi) is 11.1. The zero-order valence-corrected chi connectivity index (χ0v) is 16.9. The first-order chi connectivity index (χ1) is 11.1. The maximum Gasteiger partial charge on any atom is 0.252 e. The van der Waals surface area contributed by atoms with Crippen LogP contribution in [0.3, 0.4) is 0 Å². The van der Waals surface area contributed by atoms with E-state index in [4.69, 9.17) is 5.73 Å². The van der Waals surface area contributed by atoms with Crippen molar-refractivity contribution >= 4 is 36.5 Å². The van der Waals surface area contributed by atoms with Crippen LogP contribution in [0.15, 0.2) is 18.3 Å². The van der Waals surface area contributed by atoms with Gasteiger partial charge in [0.1, 0.15) is 5.82 Å². The number of pyridine rings is 1. The highest BCUT2D eigenvalue weighted by Crippen LogP contribution is 2.17. The van der Waals surface area contributed by atoms with Gasteiger partial charge in [-0.15, -0.1) is 24.8 Å². The third kappa shape index (κ3) is 7.00. The number of carbonyl (C=O) groups is 1. The van der Waals surface area contributed by atoms with E-state index in [0.29, 0.717) is 12.1 Å². The summed E-state index contributed by atoms with van der Waals surface area (Å²) in [5, 5.41) is 2.93. The van der Waals surface area contributed by atoms with Crippen LogP contribution in [-0.2, 0) is 0 Å². The Balaban J connectivity index is 0.00000288. The molecule has 1 aliphatic heterocycles. The molecule has 0 aliphatic carbocycles. The van der Waals surface area contributed by atoms with Crippen LogP contribution in [0.25, 0.3) is 0 Å². The van der Waals surface area contributed by atoms with Crippen LogP contribution in [0.5, 0.6) is 0 Å². The molecule has 0 aromatic carbocycles. The summed E-state index contributed by atoms with van der Waals surface area (Å²) in [6.07, 6.45) is 8.39. The molecule has 2 rings (SSSR count). The fourth-order valence-electron chi connectivity index (χ4n) is 2.87. The van der Waals surface area contributed by atoms with E-state index in [0.717, 1.165) is 31.7 Å². The largest absolute Gasteiger partial charge is 0.357 e. The number of nitrogens with two attached hydrogens (primary N) is 1. The van der Waals surface area contributed by atoms with E-state index >= 15 is 0 Å². The van der Waals surface area contributed by atoms with Crippen molar-refractivity contribution in [3.05, 3.63) is 23.9 Å². The summed E-state index contributed by atoms with van der Waals surface area (Å²) in [5.74, 6) is 0.871. The molecule has 2 heterocycles. The quantitative estimate of drug-likeness (QED) is 0.778. The van der Waals surface area contributed by atoms with Crippen LogP contribution in [0.1, 0.15) is 62.7 Å². The molecular formula is C18H32Cl2N4O. The summed E-state index contributed by atoms with van der Waals surface area (Å²) < 4.78 is 0. The average Bonchev–Trinajstić information content (AvgIpc) is 2.89. The van der Waals surface area contributed by atoms with E-state index in [2.05, 4.69) is 15.2 Å². The van der Waals surface area contributed by atoms with Crippen molar-refractivity contribution in [2.75, 3.05) is 24.5 Å². The summed E-state index contributed by atoms with van der Waals surface area (Å²) in [5.41, 5.74) is 6.49. The topological polar surface area (TPSA) is 71.2 Å². The minimum atomic E-state index is -0.324. The second kappa shape index (κ2) is 11.6. The van der Waals surface area contributed by atoms with E-state index in [-0.39, 0.29) is 36.3 Å². The molecule has 0 spiro atoms. The van der Waals surface area contributed by atoms with Gasteiger partial charge in [-0.2, -0.15) is 0 Å². The number of aromatic nitrogens is 1. The monoisotopic (exact) mass is 390 g/mol. The lowest BCUT2D eigenvalue weighted by Gasteiger charge is -2.26. The van der Waals surface area contributed by atoms with E-state index < -0.39 is 0 Å². The van der Waals surface area contributed by atoms with Crippen LogP contribution < -0.4 is 16.0 Å². The molecule has 0 radical (unpaired) electrons. The number of nitrogens with zero attached hydrogens (tertiary/aromatic N) is 2. The Morgan fingerprint density at radius 1 is 1.16 bits per heavy atom. The first-order valence-electron chi connectivity index (χ1n) is 8.86. The molecule has 3 N–H and O–H groups in total. The molecule has 0 atom stereocenters. The van der Waals surface area contributed by atoms with Gasteiger partial charge in [0.2, 0.25) is 0 Å². The van der Waals surface area contributed by atoms with Gasteiger partial charge in [-0.25, -0.2) is 4.98 Å². The summed E-state index contributed by atoms with van der Waals surface area (Å²) in [6.45, 7) is 6.70. The van der Waals surface area contributed by atoms with E-state index in [1.54, 1.807) is 6.20 Å². The number of carbonyl (C=O) groups excluding carboxylic acids is 1. The molecule has 1 aromatic heterocycles. The van der Waals surface area contributed by atoms with Crippen molar-refractivity contribution in [1.82, 2.24) is 10.3 Å². The van der Waals surface area contributed by atoms with Crippen molar-refractivity contribution in [3.8, 4) is 0 Å². The molecule has 1 aliphatic rings. The van der Waals surface area contributed by atoms with E-state index in [1.165, 1.54) is 25.7 Å². The van der Waals surface area contributed by atoms with Crippen molar-refractivity contribution in [3.63, 3.8) is 0 Å². The lowest BCUT2D eigenvalue weighted by Crippen LogP contribution is -2.49. The predicted octanol–water partition coefficient (Wildman–Crippen LogP) is 3.55. The molecule has 0 bridgehead atoms. The number of halogens is 2. The number of hydrogen-bond donors (Lipinski definition) is 2. The van der Waals surface area contributed by atoms with Gasteiger partial charge in [-0.3, -0.25) is 4.79 Å². The van der Waals surface area contributed by atoms with Gasteiger partial charge >= 0.3 is 0 Å². The van der Waals surface area contributed by atoms with Gasteiger partial charge in [0.05, 0.1) is 5.56 Å². The van der Waals surface area contributed by atoms with Crippen molar-refractivity contribution in [2.45, 2.75) is 57.9 Å². The molecule has 1 saturated heterocycles. The minimum Gasteiger partial charge on any atom is -0.357 e. The highest BCUT2D eigenvalue weighted by molar-refractivity contribution is 5.94. The van der Waals surface area contributed by atoms with Crippen LogP contribution in [0.2, 0.25) is 0 Å². The predicted molar refractivity (Wildman–Crippen MR) is 109 cm³/mol. The van der Waals surface area contributed by atoms with Gasteiger partial charge < -0.3 is 16.0 Å². The molecular weight excluding hydrogens is 359 g/mol. The number of nitrogens with one attached hydrogen (secondary N) is 1. The highest BCUT2D eigenvalue weighted by atomic mass is 35.5. The van der Waals surface area contributed by atoms with Gasteiger partial charge in [-0.1, -0.05) is 26.7 Å². The molecule has 0 unspecified atom stereocenters. The number of hydrogen-bond acceptors (Lipinski definition) is 4. The van der Waals surface area contributed by atoms with Gasteiger partial charge in [0, 0.05) is 31.4 Å². The highest BCUT2D eigenvalue weighted by Gasteiger charge is 2.21. The van der Waals surface area contributed by atoms with Gasteiger partial charge in [0.25, 0.3) is 5.91 Å². The molecule has 1 aromatic rings. The summed E-state index contributed by atoms with van der Waals surface area (Å²) in [7, 11) is 0. The molecule has 144 valence electrons. The number of amides is 1. The fraction of sp³-hybridized carbons (Fsp3) is 0.667. The molecule has 5 nitrogen and oxygen atoms in total. The third-order valence-electron chi connectivity index (χ3n) is 4.95. The van der Waals surface area contributed by atoms with Crippen molar-refractivity contribution in [2.24, 2.45) is 5.73 Å². The van der Waals surface area contributed by atoms with Gasteiger partial charge in [-0.05, 0) is 37.8 Å². The molecule has 25 heavy (non-hydrogen) atoms. The molecule has 0 saturated carbocycles. The molecule has 1 amide bonds. The Bertz CT molecular complexity index is 498. The third-order valence-corrected chi connectivity index (χ3v) is 4.95. The van der Waals surface area contributed by atoms with Crippen LogP contribution >= 0.6 is 24.8 Å². The second-order valence-electron chi connectivity index (χ2n) is 6.56. The van der Waals surface area contributed by atoms with Crippen LogP contribution in [0, 0.1) is 0 Å². The van der Waals surface area contributed by atoms with Gasteiger partial charge in [0.15, 0.2) is 0 Å². The van der Waals surface area contributed by atoms with Crippen molar-refractivity contribution in [1.29, 1.82) is 0 Å². The molecule has 7 heteroatoms. The van der Waals surface area contributed by atoms with Crippen LogP contribution in [-0.4, -0.2) is 36.1 Å². The Morgan fingerprint density at radius 2 is 1.76 bits per heavy atom. The zero-order valence-electron chi connectivity index (χ0n) is 15.3. The number of rotatable bonds is 6. The smallest absolute Gasteiger partial charge is 0.252 e. The summed E-state index contributed by atoms with van der Waals surface area (Å²) >= 11 is 0. The average molecular weight is 391 g/mol. The van der Waals surface area contributed by atoms with E-state index in [1.807, 2.05) is 26.0 Å². The van der Waals surface area contributed by atoms with E-state index in [9.17, 15) is 4.79 Å². The van der Waals surface area contributed by atoms with Crippen molar-refractivity contribution < 1.29 is 4.79 Å². The lowest BCUT2D eigenvalue weighted by molar-refractivity contribution is 0.0942. The maximum atomic E-state index is 12.2. The zero-order chi connectivity index (χ0) is 16.7. The summed E-state index contributed by atoms with van der Waals surface area (Å²) in [4.78, 5) is 19.0. The Morgan fingerprint density at radius 3 is 2.24 bits per heavy atom. The number of anilines is 1. The minimum absolute atomic E-state index is 0. The Hall–Kier alpha value is -1.04. The van der Waals surface area contributed by atoms with Crippen LogP contribution in [0.4, 0.5) is 5.82 Å². The SMILES string of the molecule is CCC(N)(CC)CNC(=O)c1ccc(N2CCCCCC2)nc1.Cl.Cl. The first kappa shape index (κ1) is 24.0. The lowest BCUT2D eigenvalue weighted by atomic mass is 9.94. The standard InChI is InChI=1S/C18H30N4O.2ClH/c1-3-18(19,4-2)14-21-17(23)15-9-10-16(20-13-15)22-11-7-5-6-8-12-22;;/h9-10,13H,3-8,11-12,14,19H2,1-2H3,(H,21,23);2*1H. The molecule has 1 fully saturated rings. The first-order valence-corrected chi connectivity index (χ1v) is 8.86. The normalized spacial score (nSPS) is 14.8. The summed E-state index contributed by atoms with van der Waals surface area (Å²) in [6, 6.07) is 3.81.